The van der Waals surface area contributed by atoms with Crippen LogP contribution >= 0.6 is 0 Å². The molecular weight excluding hydrogens is 318 g/mol. The molecule has 2 N–H and O–H groups in total. The molecule has 1 aliphatic rings. The largest absolute Gasteiger partial charge is 0.496 e. The van der Waals surface area contributed by atoms with Gasteiger partial charge in [-0.2, -0.15) is 0 Å². The van der Waals surface area contributed by atoms with Crippen molar-refractivity contribution in [3.05, 3.63) is 29.8 Å². The predicted molar refractivity (Wildman–Crippen MR) is 97.9 cm³/mol. The summed E-state index contributed by atoms with van der Waals surface area (Å²) >= 11 is 0. The fourth-order valence-electron chi connectivity index (χ4n) is 3.17. The van der Waals surface area contributed by atoms with Crippen molar-refractivity contribution in [1.29, 1.82) is 0 Å². The third kappa shape index (κ3) is 4.87. The molecule has 6 heteroatoms. The van der Waals surface area contributed by atoms with Crippen LogP contribution in [0.2, 0.25) is 0 Å². The molecule has 1 aromatic carbocycles. The quantitative estimate of drug-likeness (QED) is 0.829. The Labute approximate surface area is 149 Å². The average Bonchev–Trinajstić information content (AvgIpc) is 2.86. The maximum absolute atomic E-state index is 12.3. The highest BCUT2D eigenvalue weighted by molar-refractivity contribution is 5.79. The van der Waals surface area contributed by atoms with Crippen LogP contribution in [0.25, 0.3) is 0 Å². The summed E-state index contributed by atoms with van der Waals surface area (Å²) in [6, 6.07) is 7.95. The van der Waals surface area contributed by atoms with Crippen molar-refractivity contribution < 1.29 is 14.3 Å². The number of nitrogens with zero attached hydrogens (tertiary/aromatic N) is 1. The summed E-state index contributed by atoms with van der Waals surface area (Å²) in [7, 11) is 1.69. The van der Waals surface area contributed by atoms with E-state index in [0.29, 0.717) is 32.6 Å². The average molecular weight is 347 g/mol. The molecule has 2 rings (SSSR count). The molecule has 1 saturated heterocycles. The Bertz CT molecular complexity index is 605. The molecule has 0 aromatic heterocycles. The van der Waals surface area contributed by atoms with Gasteiger partial charge in [0, 0.05) is 38.2 Å². The van der Waals surface area contributed by atoms with E-state index in [9.17, 15) is 9.59 Å². The molecule has 0 bridgehead atoms. The lowest BCUT2D eigenvalue weighted by Crippen LogP contribution is -2.43. The van der Waals surface area contributed by atoms with Crippen LogP contribution < -0.4 is 15.4 Å². The van der Waals surface area contributed by atoms with E-state index in [-0.39, 0.29) is 17.4 Å². The third-order valence-electron chi connectivity index (χ3n) is 5.09. The fraction of sp³-hybridized carbons (Fsp3) is 0.579. The number of carbonyl (C=O) groups excluding carboxylic acids is 2. The molecule has 1 heterocycles. The lowest BCUT2D eigenvalue weighted by atomic mass is 9.77. The molecule has 6 nitrogen and oxygen atoms in total. The zero-order chi connectivity index (χ0) is 18.3. The van der Waals surface area contributed by atoms with Crippen LogP contribution in [-0.2, 0) is 10.2 Å². The number of rotatable bonds is 6. The Balaban J connectivity index is 1.94. The van der Waals surface area contributed by atoms with Gasteiger partial charge in [0.05, 0.1) is 7.11 Å². The minimum atomic E-state index is -0.102. The third-order valence-corrected chi connectivity index (χ3v) is 5.09. The minimum Gasteiger partial charge on any atom is -0.496 e. The maximum Gasteiger partial charge on any atom is 0.317 e. The van der Waals surface area contributed by atoms with Gasteiger partial charge in [0.1, 0.15) is 5.75 Å². The molecule has 3 amide bonds. The molecule has 0 spiro atoms. The number of carbonyl (C=O) groups is 2. The number of nitrogens with one attached hydrogen (secondary N) is 2. The lowest BCUT2D eigenvalue weighted by molar-refractivity contribution is -0.120. The van der Waals surface area contributed by atoms with Gasteiger partial charge < -0.3 is 20.3 Å². The lowest BCUT2D eigenvalue weighted by Gasteiger charge is -2.31. The highest BCUT2D eigenvalue weighted by Crippen LogP contribution is 2.36. The highest BCUT2D eigenvalue weighted by Gasteiger charge is 2.28. The van der Waals surface area contributed by atoms with Crippen molar-refractivity contribution in [1.82, 2.24) is 15.5 Å². The smallest absolute Gasteiger partial charge is 0.317 e. The van der Waals surface area contributed by atoms with Gasteiger partial charge in [-0.25, -0.2) is 4.79 Å². The van der Waals surface area contributed by atoms with E-state index in [1.54, 1.807) is 12.0 Å². The van der Waals surface area contributed by atoms with Crippen LogP contribution in [0.15, 0.2) is 24.3 Å². The molecule has 0 saturated carbocycles. The van der Waals surface area contributed by atoms with Gasteiger partial charge >= 0.3 is 6.03 Å². The first-order valence-corrected chi connectivity index (χ1v) is 8.93. The Morgan fingerprint density at radius 1 is 1.36 bits per heavy atom. The van der Waals surface area contributed by atoms with E-state index < -0.39 is 0 Å². The van der Waals surface area contributed by atoms with Crippen molar-refractivity contribution in [2.45, 2.75) is 38.5 Å². The molecular formula is C19H29N3O3. The zero-order valence-corrected chi connectivity index (χ0v) is 15.4. The van der Waals surface area contributed by atoms with Crippen LogP contribution in [-0.4, -0.2) is 50.1 Å². The normalized spacial score (nSPS) is 17.2. The second-order valence-corrected chi connectivity index (χ2v) is 6.68. The van der Waals surface area contributed by atoms with Crippen molar-refractivity contribution in [3.63, 3.8) is 0 Å². The molecule has 138 valence electrons. The van der Waals surface area contributed by atoms with Gasteiger partial charge in [-0.15, -0.1) is 0 Å². The van der Waals surface area contributed by atoms with Gasteiger partial charge in [-0.3, -0.25) is 4.79 Å². The number of para-hydroxylation sites is 1. The summed E-state index contributed by atoms with van der Waals surface area (Å²) in [5.74, 6) is 0.889. The van der Waals surface area contributed by atoms with E-state index in [1.165, 1.54) is 5.56 Å². The number of hydrogen-bond donors (Lipinski definition) is 2. The number of hydrogen-bond acceptors (Lipinski definition) is 3. The van der Waals surface area contributed by atoms with E-state index in [4.69, 9.17) is 4.74 Å². The van der Waals surface area contributed by atoms with E-state index in [1.807, 2.05) is 18.2 Å². The van der Waals surface area contributed by atoms with Crippen molar-refractivity contribution >= 4 is 11.9 Å². The highest BCUT2D eigenvalue weighted by atomic mass is 16.5. The first-order valence-electron chi connectivity index (χ1n) is 8.93. The van der Waals surface area contributed by atoms with Crippen LogP contribution in [0, 0.1) is 0 Å². The number of urea groups is 1. The molecule has 25 heavy (non-hydrogen) atoms. The monoisotopic (exact) mass is 347 g/mol. The summed E-state index contributed by atoms with van der Waals surface area (Å²) in [5.41, 5.74) is 1.09. The molecule has 1 fully saturated rings. The molecule has 1 aromatic rings. The fourth-order valence-corrected chi connectivity index (χ4v) is 3.17. The first kappa shape index (κ1) is 19.1. The number of benzene rings is 1. The zero-order valence-electron chi connectivity index (χ0n) is 15.4. The predicted octanol–water partition coefficient (Wildman–Crippen LogP) is 2.28. The van der Waals surface area contributed by atoms with Gasteiger partial charge in [0.2, 0.25) is 5.91 Å². The molecule has 1 aliphatic heterocycles. The molecule has 0 unspecified atom stereocenters. The van der Waals surface area contributed by atoms with Gasteiger partial charge in [0.25, 0.3) is 0 Å². The Morgan fingerprint density at radius 3 is 2.84 bits per heavy atom. The Kier molecular flexibility index (Phi) is 6.67. The maximum atomic E-state index is 12.3. The second kappa shape index (κ2) is 8.74. The molecule has 1 atom stereocenters. The van der Waals surface area contributed by atoms with Crippen molar-refractivity contribution in [2.24, 2.45) is 0 Å². The van der Waals surface area contributed by atoms with Crippen molar-refractivity contribution in [3.8, 4) is 5.75 Å². The standard InChI is InChI=1S/C19H29N3O3/c1-4-19(2,15-7-5-6-8-16(15)25-3)10-11-21-18(24)22-13-9-17(23)20-12-14-22/h5-8H,4,9-14H2,1-3H3,(H,20,23)(H,21,24)/t19-/m1/s1. The van der Waals surface area contributed by atoms with Crippen LogP contribution in [0.5, 0.6) is 5.75 Å². The molecule has 0 aliphatic carbocycles. The van der Waals surface area contributed by atoms with Gasteiger partial charge in [0.15, 0.2) is 0 Å². The van der Waals surface area contributed by atoms with E-state index >= 15 is 0 Å². The summed E-state index contributed by atoms with van der Waals surface area (Å²) < 4.78 is 5.51. The van der Waals surface area contributed by atoms with Crippen molar-refractivity contribution in [2.75, 3.05) is 33.3 Å². The number of amides is 3. The summed E-state index contributed by atoms with van der Waals surface area (Å²) in [6.07, 6.45) is 2.13. The number of methoxy groups -OCH3 is 1. The topological polar surface area (TPSA) is 70.7 Å². The van der Waals surface area contributed by atoms with E-state index in [0.717, 1.165) is 18.6 Å². The van der Waals surface area contributed by atoms with Gasteiger partial charge in [-0.1, -0.05) is 32.0 Å². The molecule has 0 radical (unpaired) electrons. The summed E-state index contributed by atoms with van der Waals surface area (Å²) in [5, 5.41) is 5.78. The summed E-state index contributed by atoms with van der Waals surface area (Å²) in [6.45, 7) is 6.47. The minimum absolute atomic E-state index is 0.00466. The first-order chi connectivity index (χ1) is 12.0. The number of ether oxygens (including phenoxy) is 1. The van der Waals surface area contributed by atoms with E-state index in [2.05, 4.69) is 30.5 Å². The Morgan fingerprint density at radius 2 is 2.12 bits per heavy atom. The van der Waals surface area contributed by atoms with Crippen LogP contribution in [0.1, 0.15) is 38.7 Å². The SMILES string of the molecule is CC[C@](C)(CCNC(=O)N1CCNC(=O)CC1)c1ccccc1OC. The van der Waals surface area contributed by atoms with Crippen LogP contribution in [0.3, 0.4) is 0 Å². The van der Waals surface area contributed by atoms with Gasteiger partial charge in [-0.05, 0) is 24.3 Å². The second-order valence-electron chi connectivity index (χ2n) is 6.68. The summed E-state index contributed by atoms with van der Waals surface area (Å²) in [4.78, 5) is 25.4. The Hall–Kier alpha value is -2.24. The van der Waals surface area contributed by atoms with Crippen LogP contribution in [0.4, 0.5) is 4.79 Å².